The highest BCUT2D eigenvalue weighted by Gasteiger charge is 2.30. The summed E-state index contributed by atoms with van der Waals surface area (Å²) in [6, 6.07) is 4.09. The molecule has 4 rings (SSSR count). The molecule has 5 nitrogen and oxygen atoms in total. The number of hydrogen-bond acceptors (Lipinski definition) is 3. The molecule has 0 amide bonds. The monoisotopic (exact) mass is 299 g/mol. The number of H-pyrrole nitrogens is 1. The number of aromatic nitrogens is 2. The van der Waals surface area contributed by atoms with Gasteiger partial charge in [0.15, 0.2) is 0 Å². The van der Waals surface area contributed by atoms with Crippen molar-refractivity contribution in [1.29, 1.82) is 0 Å². The first-order valence-corrected chi connectivity index (χ1v) is 8.18. The first-order chi connectivity index (χ1) is 10.7. The Balaban J connectivity index is 1.61. The van der Waals surface area contributed by atoms with E-state index in [9.17, 15) is 9.90 Å². The lowest BCUT2D eigenvalue weighted by molar-refractivity contribution is -0.142. The quantitative estimate of drug-likeness (QED) is 0.913. The van der Waals surface area contributed by atoms with Gasteiger partial charge in [0.1, 0.15) is 11.9 Å². The minimum absolute atomic E-state index is 0.360. The number of nitrogens with zero attached hydrogens (tertiary/aromatic N) is 2. The van der Waals surface area contributed by atoms with Crippen molar-refractivity contribution in [3.05, 3.63) is 29.1 Å². The minimum atomic E-state index is -0.718. The van der Waals surface area contributed by atoms with Crippen LogP contribution in [0.1, 0.15) is 42.6 Å². The summed E-state index contributed by atoms with van der Waals surface area (Å²) < 4.78 is 0. The number of carboxylic acid groups (broad SMARTS) is 1. The molecule has 1 aliphatic heterocycles. The van der Waals surface area contributed by atoms with Crippen molar-refractivity contribution < 1.29 is 9.90 Å². The Morgan fingerprint density at radius 1 is 1.27 bits per heavy atom. The summed E-state index contributed by atoms with van der Waals surface area (Å²) in [6.45, 7) is 1.43. The lowest BCUT2D eigenvalue weighted by atomic mass is 9.91. The van der Waals surface area contributed by atoms with Gasteiger partial charge in [0.2, 0.25) is 0 Å². The number of carbonyl (C=O) groups is 1. The van der Waals surface area contributed by atoms with E-state index in [1.54, 1.807) is 0 Å². The maximum Gasteiger partial charge on any atom is 0.320 e. The van der Waals surface area contributed by atoms with Crippen molar-refractivity contribution in [2.75, 3.05) is 6.54 Å². The fraction of sp³-hybridized carbons (Fsp3) is 0.529. The smallest absolute Gasteiger partial charge is 0.320 e. The molecule has 0 spiro atoms. The molecule has 1 unspecified atom stereocenters. The summed E-state index contributed by atoms with van der Waals surface area (Å²) in [4.78, 5) is 21.4. The van der Waals surface area contributed by atoms with Crippen LogP contribution in [0.4, 0.5) is 0 Å². The van der Waals surface area contributed by atoms with E-state index in [4.69, 9.17) is 0 Å². The fourth-order valence-corrected chi connectivity index (χ4v) is 3.86. The van der Waals surface area contributed by atoms with Crippen LogP contribution in [0, 0.1) is 0 Å². The molecule has 0 saturated carbocycles. The Bertz CT molecular complexity index is 679. The minimum Gasteiger partial charge on any atom is -0.480 e. The van der Waals surface area contributed by atoms with Crippen LogP contribution in [0.25, 0.3) is 11.0 Å². The highest BCUT2D eigenvalue weighted by molar-refractivity contribution is 5.77. The highest BCUT2D eigenvalue weighted by atomic mass is 16.4. The summed E-state index contributed by atoms with van der Waals surface area (Å²) in [5, 5.41) is 9.27. The van der Waals surface area contributed by atoms with Gasteiger partial charge in [-0.05, 0) is 68.3 Å². The predicted molar refractivity (Wildman–Crippen MR) is 83.8 cm³/mol. The molecule has 2 heterocycles. The molecule has 5 heteroatoms. The van der Waals surface area contributed by atoms with E-state index in [-0.39, 0.29) is 6.04 Å². The van der Waals surface area contributed by atoms with Crippen LogP contribution in [0.2, 0.25) is 0 Å². The Morgan fingerprint density at radius 2 is 2.05 bits per heavy atom. The van der Waals surface area contributed by atoms with Crippen molar-refractivity contribution in [3.63, 3.8) is 0 Å². The van der Waals surface area contributed by atoms with Gasteiger partial charge >= 0.3 is 5.97 Å². The zero-order valence-electron chi connectivity index (χ0n) is 12.6. The largest absolute Gasteiger partial charge is 0.480 e. The third-order valence-corrected chi connectivity index (χ3v) is 5.00. The molecule has 2 N–H and O–H groups in total. The van der Waals surface area contributed by atoms with Gasteiger partial charge in [-0.2, -0.15) is 0 Å². The topological polar surface area (TPSA) is 69.2 Å². The zero-order chi connectivity index (χ0) is 15.1. The molecule has 1 atom stereocenters. The average molecular weight is 299 g/mol. The Labute approximate surface area is 129 Å². The van der Waals surface area contributed by atoms with Crippen LogP contribution >= 0.6 is 0 Å². The van der Waals surface area contributed by atoms with Gasteiger partial charge < -0.3 is 10.1 Å². The molecule has 1 aromatic carbocycles. The molecule has 0 bridgehead atoms. The first-order valence-electron chi connectivity index (χ1n) is 8.18. The maximum absolute atomic E-state index is 11.3. The Hall–Kier alpha value is -1.88. The van der Waals surface area contributed by atoms with Crippen molar-refractivity contribution >= 4 is 17.0 Å². The van der Waals surface area contributed by atoms with Crippen molar-refractivity contribution in [2.45, 2.75) is 51.1 Å². The number of nitrogens with one attached hydrogen (secondary N) is 1. The molecule has 1 aliphatic carbocycles. The van der Waals surface area contributed by atoms with Gasteiger partial charge in [-0.25, -0.2) is 4.98 Å². The molecule has 2 aliphatic rings. The predicted octanol–water partition coefficient (Wildman–Crippen LogP) is 2.49. The van der Waals surface area contributed by atoms with Crippen LogP contribution in [0.5, 0.6) is 0 Å². The molecule has 116 valence electrons. The first kappa shape index (κ1) is 13.8. The average Bonchev–Trinajstić information content (AvgIpc) is 3.10. The van der Waals surface area contributed by atoms with Gasteiger partial charge in [-0.1, -0.05) is 0 Å². The standard InChI is InChI=1S/C17H21N3O2/c21-17(22)15-6-3-7-20(15)10-16-18-13-8-11-4-1-2-5-12(11)9-14(13)19-16/h8-9,15H,1-7,10H2,(H,18,19)(H,21,22). The Kier molecular flexibility index (Phi) is 3.37. The van der Waals surface area contributed by atoms with Crippen molar-refractivity contribution in [3.8, 4) is 0 Å². The van der Waals surface area contributed by atoms with E-state index in [1.165, 1.54) is 24.0 Å². The normalized spacial score (nSPS) is 22.1. The maximum atomic E-state index is 11.3. The molecule has 0 radical (unpaired) electrons. The fourth-order valence-electron chi connectivity index (χ4n) is 3.86. The number of aryl methyl sites for hydroxylation is 2. The molecular formula is C17H21N3O2. The number of carboxylic acids is 1. The molecule has 1 fully saturated rings. The second kappa shape index (κ2) is 5.39. The number of aliphatic carboxylic acids is 1. The molecule has 1 saturated heterocycles. The zero-order valence-corrected chi connectivity index (χ0v) is 12.6. The van der Waals surface area contributed by atoms with Gasteiger partial charge in [-0.15, -0.1) is 0 Å². The summed E-state index contributed by atoms with van der Waals surface area (Å²) in [5.74, 6) is 0.162. The second-order valence-corrected chi connectivity index (χ2v) is 6.50. The highest BCUT2D eigenvalue weighted by Crippen LogP contribution is 2.26. The van der Waals surface area contributed by atoms with Crippen molar-refractivity contribution in [1.82, 2.24) is 14.9 Å². The number of rotatable bonds is 3. The van der Waals surface area contributed by atoms with E-state index in [0.29, 0.717) is 6.54 Å². The van der Waals surface area contributed by atoms with Crippen LogP contribution < -0.4 is 0 Å². The van der Waals surface area contributed by atoms with Crippen LogP contribution in [-0.2, 0) is 24.2 Å². The van der Waals surface area contributed by atoms with Gasteiger partial charge in [-0.3, -0.25) is 9.69 Å². The molecule has 1 aromatic heterocycles. The van der Waals surface area contributed by atoms with Crippen LogP contribution in [0.3, 0.4) is 0 Å². The van der Waals surface area contributed by atoms with Gasteiger partial charge in [0.05, 0.1) is 17.6 Å². The van der Waals surface area contributed by atoms with E-state index >= 15 is 0 Å². The number of imidazole rings is 1. The Morgan fingerprint density at radius 3 is 2.82 bits per heavy atom. The van der Waals surface area contributed by atoms with Crippen LogP contribution in [-0.4, -0.2) is 38.5 Å². The van der Waals surface area contributed by atoms with Crippen molar-refractivity contribution in [2.24, 2.45) is 0 Å². The van der Waals surface area contributed by atoms with E-state index in [1.807, 2.05) is 4.90 Å². The molecule has 22 heavy (non-hydrogen) atoms. The third kappa shape index (κ3) is 2.39. The van der Waals surface area contributed by atoms with E-state index in [2.05, 4.69) is 22.1 Å². The lowest BCUT2D eigenvalue weighted by Crippen LogP contribution is -2.35. The summed E-state index contributed by atoms with van der Waals surface area (Å²) in [7, 11) is 0. The van der Waals surface area contributed by atoms with Crippen LogP contribution in [0.15, 0.2) is 12.1 Å². The third-order valence-electron chi connectivity index (χ3n) is 5.00. The lowest BCUT2D eigenvalue weighted by Gasteiger charge is -2.19. The van der Waals surface area contributed by atoms with E-state index < -0.39 is 5.97 Å². The number of fused-ring (bicyclic) bond motifs is 2. The second-order valence-electron chi connectivity index (χ2n) is 6.50. The van der Waals surface area contributed by atoms with Gasteiger partial charge in [0, 0.05) is 0 Å². The number of aromatic amines is 1. The molecular weight excluding hydrogens is 278 g/mol. The summed E-state index contributed by atoms with van der Waals surface area (Å²) >= 11 is 0. The summed E-state index contributed by atoms with van der Waals surface area (Å²) in [5.41, 5.74) is 4.98. The van der Waals surface area contributed by atoms with Gasteiger partial charge in [0.25, 0.3) is 0 Å². The number of likely N-dealkylation sites (tertiary alicyclic amines) is 1. The number of hydrogen-bond donors (Lipinski definition) is 2. The SMILES string of the molecule is O=C(O)C1CCCN1Cc1nc2cc3c(cc2[nH]1)CCCC3. The molecule has 2 aromatic rings. The summed E-state index contributed by atoms with van der Waals surface area (Å²) in [6.07, 6.45) is 6.54. The van der Waals surface area contributed by atoms with E-state index in [0.717, 1.165) is 49.1 Å². The number of benzene rings is 1.